The number of carbonyl (C=O) groups is 1. The van der Waals surface area contributed by atoms with Crippen molar-refractivity contribution in [1.29, 1.82) is 0 Å². The van der Waals surface area contributed by atoms with E-state index in [1.54, 1.807) is 16.8 Å². The van der Waals surface area contributed by atoms with Crippen molar-refractivity contribution >= 4 is 17.2 Å². The lowest BCUT2D eigenvalue weighted by Gasteiger charge is -2.32. The van der Waals surface area contributed by atoms with Gasteiger partial charge >= 0.3 is 0 Å². The SMILES string of the molecule is O=C(NC1CCN(Cc2ccccc2)CC1)c1ccc(OCc2cscn2)cc1. The number of thiazole rings is 1. The highest BCUT2D eigenvalue weighted by molar-refractivity contribution is 7.07. The molecule has 0 saturated carbocycles. The number of hydrogen-bond donors (Lipinski definition) is 1. The summed E-state index contributed by atoms with van der Waals surface area (Å²) in [5, 5.41) is 5.14. The molecule has 1 aliphatic rings. The van der Waals surface area contributed by atoms with Gasteiger partial charge in [-0.2, -0.15) is 0 Å². The molecule has 3 aromatic rings. The van der Waals surface area contributed by atoms with Crippen LogP contribution in [0.4, 0.5) is 0 Å². The summed E-state index contributed by atoms with van der Waals surface area (Å²) in [6.07, 6.45) is 1.96. The first-order valence-electron chi connectivity index (χ1n) is 9.93. The summed E-state index contributed by atoms with van der Waals surface area (Å²) < 4.78 is 5.70. The Hall–Kier alpha value is -2.70. The van der Waals surface area contributed by atoms with Gasteiger partial charge in [-0.3, -0.25) is 9.69 Å². The number of piperidine rings is 1. The first kappa shape index (κ1) is 19.6. The van der Waals surface area contributed by atoms with E-state index in [4.69, 9.17) is 4.74 Å². The number of nitrogens with one attached hydrogen (secondary N) is 1. The predicted molar refractivity (Wildman–Crippen MR) is 115 cm³/mol. The molecule has 1 fully saturated rings. The number of hydrogen-bond acceptors (Lipinski definition) is 5. The molecule has 1 aromatic heterocycles. The van der Waals surface area contributed by atoms with Crippen LogP contribution in [0.1, 0.15) is 34.5 Å². The van der Waals surface area contributed by atoms with Crippen molar-refractivity contribution in [2.45, 2.75) is 32.0 Å². The first-order valence-corrected chi connectivity index (χ1v) is 10.9. The summed E-state index contributed by atoms with van der Waals surface area (Å²) in [5.74, 6) is 0.723. The first-order chi connectivity index (χ1) is 14.3. The molecule has 6 heteroatoms. The number of likely N-dealkylation sites (tertiary alicyclic amines) is 1. The third-order valence-corrected chi connectivity index (χ3v) is 5.79. The summed E-state index contributed by atoms with van der Waals surface area (Å²) >= 11 is 1.55. The Morgan fingerprint density at radius 3 is 2.55 bits per heavy atom. The van der Waals surface area contributed by atoms with Crippen LogP contribution in [0.25, 0.3) is 0 Å². The van der Waals surface area contributed by atoms with Crippen LogP contribution in [0.3, 0.4) is 0 Å². The van der Waals surface area contributed by atoms with E-state index < -0.39 is 0 Å². The highest BCUT2D eigenvalue weighted by Crippen LogP contribution is 2.17. The molecule has 2 heterocycles. The van der Waals surface area contributed by atoms with Gasteiger partial charge in [0.05, 0.1) is 11.2 Å². The molecule has 1 amide bonds. The topological polar surface area (TPSA) is 54.5 Å². The van der Waals surface area contributed by atoms with Gasteiger partial charge in [0.25, 0.3) is 5.91 Å². The lowest BCUT2D eigenvalue weighted by atomic mass is 10.0. The molecule has 5 nitrogen and oxygen atoms in total. The van der Waals surface area contributed by atoms with Gasteiger partial charge in [-0.25, -0.2) is 4.98 Å². The monoisotopic (exact) mass is 407 g/mol. The third-order valence-electron chi connectivity index (χ3n) is 5.16. The third kappa shape index (κ3) is 5.65. The van der Waals surface area contributed by atoms with E-state index in [0.29, 0.717) is 12.2 Å². The summed E-state index contributed by atoms with van der Waals surface area (Å²) in [4.78, 5) is 19.2. The van der Waals surface area contributed by atoms with E-state index in [1.807, 2.05) is 35.7 Å². The lowest BCUT2D eigenvalue weighted by molar-refractivity contribution is 0.0909. The number of nitrogens with zero attached hydrogens (tertiary/aromatic N) is 2. The van der Waals surface area contributed by atoms with Crippen LogP contribution in [0.5, 0.6) is 5.75 Å². The number of benzene rings is 2. The maximum atomic E-state index is 12.6. The van der Waals surface area contributed by atoms with Crippen molar-refractivity contribution in [3.05, 3.63) is 82.3 Å². The Bertz CT molecular complexity index is 890. The lowest BCUT2D eigenvalue weighted by Crippen LogP contribution is -2.44. The van der Waals surface area contributed by atoms with Gasteiger partial charge in [0, 0.05) is 36.6 Å². The fourth-order valence-electron chi connectivity index (χ4n) is 3.51. The molecule has 29 heavy (non-hydrogen) atoms. The van der Waals surface area contributed by atoms with Gasteiger partial charge in [-0.15, -0.1) is 11.3 Å². The smallest absolute Gasteiger partial charge is 0.251 e. The quantitative estimate of drug-likeness (QED) is 0.640. The van der Waals surface area contributed by atoms with Gasteiger partial charge in [0.15, 0.2) is 0 Å². The molecule has 0 atom stereocenters. The van der Waals surface area contributed by atoms with Crippen LogP contribution in [0.2, 0.25) is 0 Å². The second-order valence-electron chi connectivity index (χ2n) is 7.30. The van der Waals surface area contributed by atoms with E-state index in [-0.39, 0.29) is 11.9 Å². The molecule has 2 aromatic carbocycles. The van der Waals surface area contributed by atoms with Gasteiger partial charge in [-0.1, -0.05) is 30.3 Å². The highest BCUT2D eigenvalue weighted by Gasteiger charge is 2.21. The number of rotatable bonds is 7. The van der Waals surface area contributed by atoms with E-state index in [2.05, 4.69) is 39.5 Å². The zero-order valence-electron chi connectivity index (χ0n) is 16.3. The average molecular weight is 408 g/mol. The molecule has 1 saturated heterocycles. The van der Waals surface area contributed by atoms with Crippen LogP contribution in [-0.4, -0.2) is 34.9 Å². The van der Waals surface area contributed by atoms with Crippen LogP contribution in [0, 0.1) is 0 Å². The molecule has 0 unspecified atom stereocenters. The summed E-state index contributed by atoms with van der Waals surface area (Å²) in [5.41, 5.74) is 4.71. The van der Waals surface area contributed by atoms with E-state index in [0.717, 1.165) is 43.9 Å². The van der Waals surface area contributed by atoms with Crippen molar-refractivity contribution in [2.24, 2.45) is 0 Å². The molecule has 0 aliphatic carbocycles. The van der Waals surface area contributed by atoms with Gasteiger partial charge in [0.2, 0.25) is 0 Å². The van der Waals surface area contributed by atoms with E-state index in [1.165, 1.54) is 5.56 Å². The number of ether oxygens (including phenoxy) is 1. The zero-order valence-corrected chi connectivity index (χ0v) is 17.1. The van der Waals surface area contributed by atoms with Gasteiger partial charge in [-0.05, 0) is 42.7 Å². The standard InChI is InChI=1S/C23H25N3O2S/c27-23(19-6-8-22(9-7-19)28-15-21-16-29-17-24-21)25-20-10-12-26(13-11-20)14-18-4-2-1-3-5-18/h1-9,16-17,20H,10-15H2,(H,25,27). The molecule has 0 bridgehead atoms. The van der Waals surface area contributed by atoms with Crippen LogP contribution < -0.4 is 10.1 Å². The summed E-state index contributed by atoms with van der Waals surface area (Å²) in [6, 6.07) is 18.1. The zero-order chi connectivity index (χ0) is 19.9. The Morgan fingerprint density at radius 2 is 1.86 bits per heavy atom. The van der Waals surface area contributed by atoms with Crippen LogP contribution >= 0.6 is 11.3 Å². The number of amides is 1. The summed E-state index contributed by atoms with van der Waals surface area (Å²) in [7, 11) is 0. The molecule has 1 N–H and O–H groups in total. The van der Waals surface area contributed by atoms with Crippen LogP contribution in [-0.2, 0) is 13.2 Å². The molecular weight excluding hydrogens is 382 g/mol. The van der Waals surface area contributed by atoms with Crippen LogP contribution in [0.15, 0.2) is 65.5 Å². The Kier molecular flexibility index (Phi) is 6.54. The average Bonchev–Trinajstić information content (AvgIpc) is 3.28. The largest absolute Gasteiger partial charge is 0.487 e. The van der Waals surface area contributed by atoms with Crippen molar-refractivity contribution in [1.82, 2.24) is 15.2 Å². The van der Waals surface area contributed by atoms with Gasteiger partial charge in [0.1, 0.15) is 12.4 Å². The minimum atomic E-state index is -0.0161. The number of carbonyl (C=O) groups excluding carboxylic acids is 1. The van der Waals surface area contributed by atoms with Crippen molar-refractivity contribution in [3.8, 4) is 5.75 Å². The van der Waals surface area contributed by atoms with Crippen molar-refractivity contribution < 1.29 is 9.53 Å². The highest BCUT2D eigenvalue weighted by atomic mass is 32.1. The molecule has 1 aliphatic heterocycles. The molecule has 150 valence electrons. The normalized spacial score (nSPS) is 15.2. The predicted octanol–water partition coefficient (Wildman–Crippen LogP) is 4.12. The molecule has 0 radical (unpaired) electrons. The fraction of sp³-hybridized carbons (Fsp3) is 0.304. The minimum Gasteiger partial charge on any atom is -0.487 e. The Morgan fingerprint density at radius 1 is 1.10 bits per heavy atom. The number of aromatic nitrogens is 1. The second kappa shape index (κ2) is 9.67. The van der Waals surface area contributed by atoms with E-state index >= 15 is 0 Å². The Balaban J connectivity index is 1.22. The Labute approximate surface area is 175 Å². The second-order valence-corrected chi connectivity index (χ2v) is 8.02. The van der Waals surface area contributed by atoms with Crippen molar-refractivity contribution in [3.63, 3.8) is 0 Å². The fourth-order valence-corrected chi connectivity index (χ4v) is 4.06. The maximum Gasteiger partial charge on any atom is 0.251 e. The minimum absolute atomic E-state index is 0.0161. The molecular formula is C23H25N3O2S. The maximum absolute atomic E-state index is 12.6. The van der Waals surface area contributed by atoms with Gasteiger partial charge < -0.3 is 10.1 Å². The van der Waals surface area contributed by atoms with Crippen molar-refractivity contribution in [2.75, 3.05) is 13.1 Å². The summed E-state index contributed by atoms with van der Waals surface area (Å²) in [6.45, 7) is 3.42. The molecule has 4 rings (SSSR count). The molecule has 0 spiro atoms. The van der Waals surface area contributed by atoms with E-state index in [9.17, 15) is 4.79 Å².